The Labute approximate surface area is 193 Å². The van der Waals surface area contributed by atoms with Crippen molar-refractivity contribution in [2.75, 3.05) is 26.2 Å². The van der Waals surface area contributed by atoms with Gasteiger partial charge in [-0.25, -0.2) is 0 Å². The number of guanidine groups is 1. The number of hydrogen-bond acceptors (Lipinski definition) is 4. The molecule has 0 spiro atoms. The first-order valence-corrected chi connectivity index (χ1v) is 10.0. The second-order valence-electron chi connectivity index (χ2n) is 6.88. The molecule has 1 aromatic rings. The summed E-state index contributed by atoms with van der Waals surface area (Å²) in [5.74, 6) is 0.942. The average molecular weight is 540 g/mol. The molecular weight excluding hydrogens is 509 g/mol. The Hall–Kier alpha value is -1.69. The minimum Gasteiger partial charge on any atom is -0.435 e. The topological polar surface area (TPSA) is 95.0 Å². The molecule has 170 valence electrons. The number of nitrogens with one attached hydrogen (secondary N) is 3. The number of alkyl halides is 2. The van der Waals surface area contributed by atoms with E-state index in [9.17, 15) is 18.7 Å². The normalized spacial score (nSPS) is 15.0. The van der Waals surface area contributed by atoms with Crippen molar-refractivity contribution in [1.82, 2.24) is 16.0 Å². The van der Waals surface area contributed by atoms with Crippen LogP contribution in [-0.4, -0.2) is 49.8 Å². The number of ether oxygens (including phenoxy) is 1. The molecular formula is C20H31F2IN4O3. The van der Waals surface area contributed by atoms with Crippen LogP contribution in [0.3, 0.4) is 0 Å². The number of aliphatic imine (C=N–C) groups is 1. The number of carbonyl (C=O) groups excluding carboxylic acids is 1. The smallest absolute Gasteiger partial charge is 0.387 e. The van der Waals surface area contributed by atoms with E-state index < -0.39 is 12.7 Å². The summed E-state index contributed by atoms with van der Waals surface area (Å²) in [5.41, 5.74) is 0.560. The molecule has 1 amide bonds. The third-order valence-electron chi connectivity index (χ3n) is 4.68. The van der Waals surface area contributed by atoms with Crippen molar-refractivity contribution in [2.24, 2.45) is 10.9 Å². The second-order valence-corrected chi connectivity index (χ2v) is 6.88. The molecule has 0 heterocycles. The third kappa shape index (κ3) is 9.41. The number of benzene rings is 1. The lowest BCUT2D eigenvalue weighted by molar-refractivity contribution is -0.127. The first-order chi connectivity index (χ1) is 14.0. The van der Waals surface area contributed by atoms with E-state index in [4.69, 9.17) is 0 Å². The standard InChI is InChI=1S/C20H30F2N4O3.HI/c1-2-23-20(25-12-4-11-24-18(28)15-5-3-6-15)26-13-17(27)14-7-9-16(10-8-14)29-19(21)22;/h7-10,15,17,19,27H,2-6,11-13H2,1H3,(H,24,28)(H2,23,25,26);1H. The number of halogens is 3. The molecule has 0 aromatic heterocycles. The molecule has 1 unspecified atom stereocenters. The molecule has 1 aliphatic rings. The van der Waals surface area contributed by atoms with Crippen LogP contribution >= 0.6 is 24.0 Å². The summed E-state index contributed by atoms with van der Waals surface area (Å²) in [7, 11) is 0. The van der Waals surface area contributed by atoms with Gasteiger partial charge in [0.05, 0.1) is 12.6 Å². The van der Waals surface area contributed by atoms with Gasteiger partial charge in [-0.3, -0.25) is 9.79 Å². The average Bonchev–Trinajstić information content (AvgIpc) is 2.64. The van der Waals surface area contributed by atoms with Gasteiger partial charge >= 0.3 is 6.61 Å². The van der Waals surface area contributed by atoms with Gasteiger partial charge < -0.3 is 25.8 Å². The van der Waals surface area contributed by atoms with Crippen LogP contribution in [0, 0.1) is 5.92 Å². The van der Waals surface area contributed by atoms with E-state index in [1.807, 2.05) is 6.92 Å². The lowest BCUT2D eigenvalue weighted by Crippen LogP contribution is -2.40. The van der Waals surface area contributed by atoms with Crippen LogP contribution in [0.15, 0.2) is 29.3 Å². The minimum absolute atomic E-state index is 0. The lowest BCUT2D eigenvalue weighted by atomic mass is 9.85. The summed E-state index contributed by atoms with van der Waals surface area (Å²) in [5, 5.41) is 19.5. The number of aliphatic hydroxyl groups is 1. The highest BCUT2D eigenvalue weighted by Crippen LogP contribution is 2.26. The summed E-state index contributed by atoms with van der Waals surface area (Å²) < 4.78 is 28.7. The number of amides is 1. The molecule has 1 fully saturated rings. The first kappa shape index (κ1) is 26.3. The summed E-state index contributed by atoms with van der Waals surface area (Å²) in [6.45, 7) is 1.08. The predicted molar refractivity (Wildman–Crippen MR) is 122 cm³/mol. The number of aliphatic hydroxyl groups excluding tert-OH is 1. The fraction of sp³-hybridized carbons (Fsp3) is 0.600. The van der Waals surface area contributed by atoms with Crippen molar-refractivity contribution in [1.29, 1.82) is 0 Å². The van der Waals surface area contributed by atoms with Crippen LogP contribution in [0.2, 0.25) is 0 Å². The van der Waals surface area contributed by atoms with E-state index in [-0.39, 0.29) is 48.1 Å². The molecule has 1 saturated carbocycles. The van der Waals surface area contributed by atoms with Crippen molar-refractivity contribution in [3.8, 4) is 5.75 Å². The molecule has 7 nitrogen and oxygen atoms in total. The summed E-state index contributed by atoms with van der Waals surface area (Å²) in [4.78, 5) is 16.1. The predicted octanol–water partition coefficient (Wildman–Crippen LogP) is 2.80. The highest BCUT2D eigenvalue weighted by molar-refractivity contribution is 14.0. The molecule has 10 heteroatoms. The largest absolute Gasteiger partial charge is 0.435 e. The van der Waals surface area contributed by atoms with Gasteiger partial charge in [0.1, 0.15) is 5.75 Å². The summed E-state index contributed by atoms with van der Waals surface area (Å²) in [6.07, 6.45) is 3.02. The maximum atomic E-state index is 12.2. The van der Waals surface area contributed by atoms with Crippen LogP contribution in [0.5, 0.6) is 5.75 Å². The Balaban J connectivity index is 0.00000450. The molecule has 0 bridgehead atoms. The molecule has 0 saturated heterocycles. The van der Waals surface area contributed by atoms with E-state index in [1.54, 1.807) is 0 Å². The maximum Gasteiger partial charge on any atom is 0.387 e. The fourth-order valence-corrected chi connectivity index (χ4v) is 2.82. The fourth-order valence-electron chi connectivity index (χ4n) is 2.82. The SMILES string of the molecule is CCNC(=NCC(O)c1ccc(OC(F)F)cc1)NCCCNC(=O)C1CCC1.I. The highest BCUT2D eigenvalue weighted by atomic mass is 127. The van der Waals surface area contributed by atoms with Gasteiger partial charge in [0.25, 0.3) is 0 Å². The Morgan fingerprint density at radius 1 is 1.20 bits per heavy atom. The van der Waals surface area contributed by atoms with Crippen LogP contribution in [0.25, 0.3) is 0 Å². The van der Waals surface area contributed by atoms with Gasteiger partial charge in [-0.1, -0.05) is 18.6 Å². The van der Waals surface area contributed by atoms with Crippen molar-refractivity contribution in [2.45, 2.75) is 45.3 Å². The van der Waals surface area contributed by atoms with Gasteiger partial charge in [-0.15, -0.1) is 24.0 Å². The number of nitrogens with zero attached hydrogens (tertiary/aromatic N) is 1. The Morgan fingerprint density at radius 2 is 1.87 bits per heavy atom. The lowest BCUT2D eigenvalue weighted by Gasteiger charge is -2.24. The van der Waals surface area contributed by atoms with Gasteiger partial charge in [0.2, 0.25) is 5.91 Å². The van der Waals surface area contributed by atoms with Gasteiger partial charge in [-0.05, 0) is 43.9 Å². The van der Waals surface area contributed by atoms with Crippen molar-refractivity contribution in [3.63, 3.8) is 0 Å². The monoisotopic (exact) mass is 540 g/mol. The van der Waals surface area contributed by atoms with Crippen molar-refractivity contribution >= 4 is 35.8 Å². The Kier molecular flexibility index (Phi) is 12.6. The van der Waals surface area contributed by atoms with Crippen LogP contribution < -0.4 is 20.7 Å². The molecule has 1 atom stereocenters. The highest BCUT2D eigenvalue weighted by Gasteiger charge is 2.24. The summed E-state index contributed by atoms with van der Waals surface area (Å²) in [6, 6.07) is 5.83. The van der Waals surface area contributed by atoms with Gasteiger partial charge in [0.15, 0.2) is 5.96 Å². The molecule has 0 radical (unpaired) electrons. The number of rotatable bonds is 11. The van der Waals surface area contributed by atoms with Crippen LogP contribution in [0.1, 0.15) is 44.3 Å². The summed E-state index contributed by atoms with van der Waals surface area (Å²) >= 11 is 0. The zero-order chi connectivity index (χ0) is 21.1. The van der Waals surface area contributed by atoms with Gasteiger partial charge in [-0.2, -0.15) is 8.78 Å². The van der Waals surface area contributed by atoms with Crippen LogP contribution in [0.4, 0.5) is 8.78 Å². The maximum absolute atomic E-state index is 12.2. The van der Waals surface area contributed by atoms with Gasteiger partial charge in [0, 0.05) is 25.6 Å². The first-order valence-electron chi connectivity index (χ1n) is 10.0. The molecule has 1 aromatic carbocycles. The van der Waals surface area contributed by atoms with Crippen molar-refractivity contribution < 1.29 is 23.4 Å². The van der Waals surface area contributed by atoms with E-state index in [0.29, 0.717) is 31.2 Å². The zero-order valence-electron chi connectivity index (χ0n) is 17.1. The number of carbonyl (C=O) groups is 1. The van der Waals surface area contributed by atoms with Crippen LogP contribution in [-0.2, 0) is 4.79 Å². The quantitative estimate of drug-likeness (QED) is 0.150. The third-order valence-corrected chi connectivity index (χ3v) is 4.68. The molecule has 0 aliphatic heterocycles. The van der Waals surface area contributed by atoms with E-state index in [2.05, 4.69) is 25.7 Å². The molecule has 4 N–H and O–H groups in total. The molecule has 2 rings (SSSR count). The molecule has 1 aliphatic carbocycles. The molecule has 30 heavy (non-hydrogen) atoms. The Bertz CT molecular complexity index is 658. The number of hydrogen-bond donors (Lipinski definition) is 4. The van der Waals surface area contributed by atoms with E-state index >= 15 is 0 Å². The zero-order valence-corrected chi connectivity index (χ0v) is 19.4. The van der Waals surface area contributed by atoms with E-state index in [0.717, 1.165) is 25.7 Å². The van der Waals surface area contributed by atoms with Crippen molar-refractivity contribution in [3.05, 3.63) is 29.8 Å². The van der Waals surface area contributed by atoms with E-state index in [1.165, 1.54) is 24.3 Å². The Morgan fingerprint density at radius 3 is 2.43 bits per heavy atom. The minimum atomic E-state index is -2.88. The second kappa shape index (κ2) is 14.3.